The highest BCUT2D eigenvalue weighted by Gasteiger charge is 2.28. The summed E-state index contributed by atoms with van der Waals surface area (Å²) in [6.45, 7) is 10.4. The van der Waals surface area contributed by atoms with Crippen LogP contribution in [-0.2, 0) is 16.7 Å². The van der Waals surface area contributed by atoms with E-state index in [0.717, 1.165) is 35.8 Å². The first-order valence-electron chi connectivity index (χ1n) is 11.4. The molecule has 0 N–H and O–H groups in total. The van der Waals surface area contributed by atoms with Crippen molar-refractivity contribution in [3.63, 3.8) is 0 Å². The van der Waals surface area contributed by atoms with E-state index < -0.39 is 0 Å². The molecular weight excluding hydrogens is 362 g/mol. The van der Waals surface area contributed by atoms with E-state index in [-0.39, 0.29) is 11.3 Å². The maximum Gasteiger partial charge on any atom is 0.254 e. The largest absolute Gasteiger partial charge is 0.378 e. The van der Waals surface area contributed by atoms with Crippen LogP contribution in [0.4, 0.5) is 0 Å². The van der Waals surface area contributed by atoms with Crippen molar-refractivity contribution < 1.29 is 9.53 Å². The number of rotatable bonds is 5. The Bertz CT molecular complexity index is 858. The normalized spacial score (nSPS) is 19.1. The van der Waals surface area contributed by atoms with E-state index in [9.17, 15) is 4.79 Å². The van der Waals surface area contributed by atoms with Crippen LogP contribution in [0.5, 0.6) is 0 Å². The molecule has 158 valence electrons. The monoisotopic (exact) mass is 397 g/mol. The van der Waals surface area contributed by atoms with Gasteiger partial charge < -0.3 is 14.2 Å². The van der Waals surface area contributed by atoms with Crippen LogP contribution in [0.3, 0.4) is 0 Å². The molecule has 1 aromatic heterocycles. The van der Waals surface area contributed by atoms with Gasteiger partial charge in [-0.25, -0.2) is 4.98 Å². The molecule has 4 rings (SSSR count). The van der Waals surface area contributed by atoms with Crippen LogP contribution >= 0.6 is 0 Å². The van der Waals surface area contributed by atoms with E-state index in [1.807, 2.05) is 17.0 Å². The lowest BCUT2D eigenvalue weighted by Gasteiger charge is -2.28. The fourth-order valence-electron chi connectivity index (χ4n) is 4.70. The van der Waals surface area contributed by atoms with Crippen molar-refractivity contribution >= 4 is 16.9 Å². The first kappa shape index (κ1) is 20.4. The van der Waals surface area contributed by atoms with E-state index in [4.69, 9.17) is 9.72 Å². The summed E-state index contributed by atoms with van der Waals surface area (Å²) in [4.78, 5) is 19.9. The molecule has 1 aliphatic carbocycles. The Morgan fingerprint density at radius 3 is 2.59 bits per heavy atom. The van der Waals surface area contributed by atoms with Gasteiger partial charge in [0, 0.05) is 30.6 Å². The SMILES string of the molecule is CCC(C)(C)c1nc2cc(C(=O)N3CCOCC3)ccc2n1CC1CCCCC1. The van der Waals surface area contributed by atoms with Crippen LogP contribution < -0.4 is 0 Å². The topological polar surface area (TPSA) is 47.4 Å². The molecule has 1 saturated heterocycles. The number of imidazole rings is 1. The maximum atomic E-state index is 12.9. The minimum Gasteiger partial charge on any atom is -0.378 e. The minimum absolute atomic E-state index is 0.0159. The third-order valence-corrected chi connectivity index (χ3v) is 6.95. The van der Waals surface area contributed by atoms with Gasteiger partial charge in [0.15, 0.2) is 0 Å². The molecule has 1 saturated carbocycles. The summed E-state index contributed by atoms with van der Waals surface area (Å²) in [6.07, 6.45) is 7.75. The second kappa shape index (κ2) is 8.47. The van der Waals surface area contributed by atoms with E-state index in [1.165, 1.54) is 37.6 Å². The van der Waals surface area contributed by atoms with Gasteiger partial charge in [0.25, 0.3) is 5.91 Å². The molecule has 1 amide bonds. The zero-order valence-corrected chi connectivity index (χ0v) is 18.2. The minimum atomic E-state index is 0.0159. The number of ether oxygens (including phenoxy) is 1. The van der Waals surface area contributed by atoms with Crippen LogP contribution in [0, 0.1) is 5.92 Å². The van der Waals surface area contributed by atoms with Gasteiger partial charge in [-0.2, -0.15) is 0 Å². The van der Waals surface area contributed by atoms with Gasteiger partial charge >= 0.3 is 0 Å². The number of amides is 1. The Morgan fingerprint density at radius 2 is 1.90 bits per heavy atom. The summed E-state index contributed by atoms with van der Waals surface area (Å²) >= 11 is 0. The molecule has 0 unspecified atom stereocenters. The van der Waals surface area contributed by atoms with Crippen molar-refractivity contribution in [1.29, 1.82) is 0 Å². The third kappa shape index (κ3) is 4.20. The number of carbonyl (C=O) groups excluding carboxylic acids is 1. The van der Waals surface area contributed by atoms with Gasteiger partial charge in [-0.3, -0.25) is 4.79 Å². The number of morpholine rings is 1. The predicted octanol–water partition coefficient (Wildman–Crippen LogP) is 4.78. The maximum absolute atomic E-state index is 12.9. The summed E-state index contributed by atoms with van der Waals surface area (Å²) in [7, 11) is 0. The Balaban J connectivity index is 1.69. The summed E-state index contributed by atoms with van der Waals surface area (Å²) in [5.41, 5.74) is 2.88. The molecule has 0 spiro atoms. The Hall–Kier alpha value is -1.88. The van der Waals surface area contributed by atoms with Crippen molar-refractivity contribution in [2.75, 3.05) is 26.3 Å². The average molecular weight is 398 g/mol. The van der Waals surface area contributed by atoms with Gasteiger partial charge in [-0.1, -0.05) is 40.0 Å². The molecule has 2 aliphatic rings. The summed E-state index contributed by atoms with van der Waals surface area (Å²) in [5.74, 6) is 1.99. The molecule has 2 aromatic rings. The van der Waals surface area contributed by atoms with Crippen molar-refractivity contribution in [2.24, 2.45) is 5.92 Å². The van der Waals surface area contributed by atoms with Crippen molar-refractivity contribution in [2.45, 2.75) is 71.3 Å². The van der Waals surface area contributed by atoms with E-state index in [0.29, 0.717) is 26.3 Å². The predicted molar refractivity (Wildman–Crippen MR) is 116 cm³/mol. The van der Waals surface area contributed by atoms with Crippen molar-refractivity contribution in [3.8, 4) is 0 Å². The van der Waals surface area contributed by atoms with Gasteiger partial charge in [0.1, 0.15) is 5.82 Å². The molecule has 5 nitrogen and oxygen atoms in total. The first-order chi connectivity index (χ1) is 14.0. The lowest BCUT2D eigenvalue weighted by molar-refractivity contribution is 0.0303. The molecule has 2 fully saturated rings. The standard InChI is InChI=1S/C24H35N3O2/c1-4-24(2,3)23-25-20-16-19(22(28)26-12-14-29-15-13-26)10-11-21(20)27(23)17-18-8-6-5-7-9-18/h10-11,16,18H,4-9,12-15,17H2,1-3H3. The van der Waals surface area contributed by atoms with E-state index >= 15 is 0 Å². The zero-order chi connectivity index (χ0) is 20.4. The average Bonchev–Trinajstić information content (AvgIpc) is 3.13. The molecule has 29 heavy (non-hydrogen) atoms. The Labute approximate surface area is 174 Å². The highest BCUT2D eigenvalue weighted by atomic mass is 16.5. The quantitative estimate of drug-likeness (QED) is 0.730. The molecule has 2 heterocycles. The molecule has 0 bridgehead atoms. The van der Waals surface area contributed by atoms with Crippen LogP contribution in [0.2, 0.25) is 0 Å². The Kier molecular flexibility index (Phi) is 5.95. The van der Waals surface area contributed by atoms with Crippen molar-refractivity contribution in [1.82, 2.24) is 14.5 Å². The molecule has 0 radical (unpaired) electrons. The number of carbonyl (C=O) groups is 1. The van der Waals surface area contributed by atoms with Gasteiger partial charge in [0.2, 0.25) is 0 Å². The summed E-state index contributed by atoms with van der Waals surface area (Å²) in [5, 5.41) is 0. The number of hydrogen-bond donors (Lipinski definition) is 0. The van der Waals surface area contributed by atoms with Gasteiger partial charge in [-0.15, -0.1) is 0 Å². The van der Waals surface area contributed by atoms with Gasteiger partial charge in [0.05, 0.1) is 24.2 Å². The summed E-state index contributed by atoms with van der Waals surface area (Å²) < 4.78 is 7.84. The van der Waals surface area contributed by atoms with Crippen molar-refractivity contribution in [3.05, 3.63) is 29.6 Å². The summed E-state index contributed by atoms with van der Waals surface area (Å²) in [6, 6.07) is 6.11. The van der Waals surface area contributed by atoms with E-state index in [1.54, 1.807) is 0 Å². The Morgan fingerprint density at radius 1 is 1.17 bits per heavy atom. The third-order valence-electron chi connectivity index (χ3n) is 6.95. The number of aromatic nitrogens is 2. The lowest BCUT2D eigenvalue weighted by Crippen LogP contribution is -2.40. The van der Waals surface area contributed by atoms with Crippen LogP contribution in [0.15, 0.2) is 18.2 Å². The molecule has 0 atom stereocenters. The fraction of sp³-hybridized carbons (Fsp3) is 0.667. The van der Waals surface area contributed by atoms with Crippen LogP contribution in [0.1, 0.15) is 75.5 Å². The first-order valence-corrected chi connectivity index (χ1v) is 11.4. The highest BCUT2D eigenvalue weighted by molar-refractivity contribution is 5.97. The molecule has 1 aromatic carbocycles. The molecular formula is C24H35N3O2. The van der Waals surface area contributed by atoms with E-state index in [2.05, 4.69) is 31.4 Å². The number of hydrogen-bond acceptors (Lipinski definition) is 3. The zero-order valence-electron chi connectivity index (χ0n) is 18.2. The molecule has 1 aliphatic heterocycles. The smallest absolute Gasteiger partial charge is 0.254 e. The van der Waals surface area contributed by atoms with Crippen LogP contribution in [-0.4, -0.2) is 46.7 Å². The number of fused-ring (bicyclic) bond motifs is 1. The fourth-order valence-corrected chi connectivity index (χ4v) is 4.70. The number of benzene rings is 1. The molecule has 5 heteroatoms. The lowest BCUT2D eigenvalue weighted by atomic mass is 9.87. The van der Waals surface area contributed by atoms with Gasteiger partial charge in [-0.05, 0) is 43.4 Å². The number of nitrogens with zero attached hydrogens (tertiary/aromatic N) is 3. The second-order valence-electron chi connectivity index (χ2n) is 9.40. The second-order valence-corrected chi connectivity index (χ2v) is 9.40. The highest BCUT2D eigenvalue weighted by Crippen LogP contribution is 2.33. The van der Waals surface area contributed by atoms with Crippen LogP contribution in [0.25, 0.3) is 11.0 Å².